The fourth-order valence-corrected chi connectivity index (χ4v) is 5.47. The lowest BCUT2D eigenvalue weighted by Crippen LogP contribution is -2.47. The van der Waals surface area contributed by atoms with Crippen molar-refractivity contribution in [2.45, 2.75) is 44.4 Å². The molecule has 1 aliphatic heterocycles. The Morgan fingerprint density at radius 2 is 1.73 bits per heavy atom. The summed E-state index contributed by atoms with van der Waals surface area (Å²) in [5.74, 6) is 0.754. The number of anilines is 1. The van der Waals surface area contributed by atoms with E-state index in [2.05, 4.69) is 21.0 Å². The van der Waals surface area contributed by atoms with E-state index >= 15 is 0 Å². The minimum absolute atomic E-state index is 0.188. The van der Waals surface area contributed by atoms with Crippen LogP contribution in [0.25, 0.3) is 0 Å². The second-order valence-electron chi connectivity index (χ2n) is 9.22. The number of methoxy groups -OCH3 is 1. The van der Waals surface area contributed by atoms with Crippen molar-refractivity contribution in [3.63, 3.8) is 0 Å². The van der Waals surface area contributed by atoms with Gasteiger partial charge >= 0.3 is 0 Å². The van der Waals surface area contributed by atoms with Crippen molar-refractivity contribution in [1.29, 1.82) is 0 Å². The first-order valence-electron chi connectivity index (χ1n) is 12.3. The molecule has 1 unspecified atom stereocenters. The zero-order chi connectivity index (χ0) is 23.0. The first-order chi connectivity index (χ1) is 16.2. The Labute approximate surface area is 196 Å². The molecule has 2 fully saturated rings. The SMILES string of the molecule is COc1ccccc1N1CCN(CCC(/C(=N/O)C2CCCCC2)c2ccccc2F)CC1. The molecule has 0 spiro atoms. The third kappa shape index (κ3) is 5.67. The summed E-state index contributed by atoms with van der Waals surface area (Å²) in [4.78, 5) is 4.81. The smallest absolute Gasteiger partial charge is 0.142 e. The van der Waals surface area contributed by atoms with Crippen LogP contribution in [-0.4, -0.2) is 55.7 Å². The van der Waals surface area contributed by atoms with E-state index in [0.717, 1.165) is 82.0 Å². The third-order valence-corrected chi connectivity index (χ3v) is 7.31. The molecule has 0 aromatic heterocycles. The maximum Gasteiger partial charge on any atom is 0.142 e. The summed E-state index contributed by atoms with van der Waals surface area (Å²) in [6.45, 7) is 4.58. The van der Waals surface area contributed by atoms with Crippen LogP contribution in [0.5, 0.6) is 5.75 Å². The van der Waals surface area contributed by atoms with Crippen molar-refractivity contribution in [3.8, 4) is 5.75 Å². The molecule has 1 heterocycles. The summed E-state index contributed by atoms with van der Waals surface area (Å²) < 4.78 is 20.3. The van der Waals surface area contributed by atoms with E-state index in [0.29, 0.717) is 5.56 Å². The lowest BCUT2D eigenvalue weighted by Gasteiger charge is -2.37. The summed E-state index contributed by atoms with van der Waals surface area (Å²) >= 11 is 0. The highest BCUT2D eigenvalue weighted by Gasteiger charge is 2.30. The molecule has 5 nitrogen and oxygen atoms in total. The van der Waals surface area contributed by atoms with Gasteiger partial charge in [0.2, 0.25) is 0 Å². The number of benzene rings is 2. The van der Waals surface area contributed by atoms with Crippen LogP contribution in [0.15, 0.2) is 53.7 Å². The van der Waals surface area contributed by atoms with Gasteiger partial charge in [-0.15, -0.1) is 0 Å². The molecule has 1 saturated carbocycles. The lowest BCUT2D eigenvalue weighted by molar-refractivity contribution is 0.249. The van der Waals surface area contributed by atoms with E-state index in [-0.39, 0.29) is 17.7 Å². The standard InChI is InChI=1S/C27H36FN3O2/c1-33-26-14-8-7-13-25(26)31-19-17-30(18-20-31)16-15-23(22-11-5-6-12-24(22)28)27(29-32)21-9-3-2-4-10-21/h5-8,11-14,21,23,32H,2-4,9-10,15-20H2,1H3/b29-27+. The van der Waals surface area contributed by atoms with Crippen LogP contribution >= 0.6 is 0 Å². The van der Waals surface area contributed by atoms with Gasteiger partial charge in [0.15, 0.2) is 0 Å². The predicted octanol–water partition coefficient (Wildman–Crippen LogP) is 5.54. The van der Waals surface area contributed by atoms with E-state index in [1.807, 2.05) is 30.3 Å². The number of halogens is 1. The Morgan fingerprint density at radius 1 is 1.03 bits per heavy atom. The van der Waals surface area contributed by atoms with E-state index in [9.17, 15) is 9.60 Å². The average molecular weight is 454 g/mol. The van der Waals surface area contributed by atoms with Gasteiger partial charge in [0.1, 0.15) is 11.6 Å². The Kier molecular flexibility index (Phi) is 8.21. The molecule has 2 aliphatic rings. The van der Waals surface area contributed by atoms with Crippen LogP contribution in [0.4, 0.5) is 10.1 Å². The van der Waals surface area contributed by atoms with Gasteiger partial charge < -0.3 is 14.8 Å². The van der Waals surface area contributed by atoms with Gasteiger partial charge in [-0.1, -0.05) is 54.8 Å². The Balaban J connectivity index is 1.43. The molecule has 2 aromatic carbocycles. The van der Waals surface area contributed by atoms with Gasteiger partial charge in [-0.3, -0.25) is 4.90 Å². The quantitative estimate of drug-likeness (QED) is 0.324. The highest BCUT2D eigenvalue weighted by Crippen LogP contribution is 2.34. The van der Waals surface area contributed by atoms with Crippen LogP contribution in [0, 0.1) is 11.7 Å². The first kappa shape index (κ1) is 23.6. The molecule has 1 aliphatic carbocycles. The topological polar surface area (TPSA) is 48.3 Å². The van der Waals surface area contributed by atoms with Crippen molar-refractivity contribution >= 4 is 11.4 Å². The molecule has 0 amide bonds. The number of hydrogen-bond donors (Lipinski definition) is 1. The first-order valence-corrected chi connectivity index (χ1v) is 12.3. The minimum atomic E-state index is -0.208. The lowest BCUT2D eigenvalue weighted by atomic mass is 9.77. The summed E-state index contributed by atoms with van der Waals surface area (Å²) in [7, 11) is 1.71. The maximum atomic E-state index is 14.8. The van der Waals surface area contributed by atoms with Crippen molar-refractivity contribution in [3.05, 3.63) is 59.9 Å². The monoisotopic (exact) mass is 453 g/mol. The number of hydrogen-bond acceptors (Lipinski definition) is 5. The van der Waals surface area contributed by atoms with E-state index < -0.39 is 0 Å². The number of para-hydroxylation sites is 2. The van der Waals surface area contributed by atoms with Crippen LogP contribution in [0.1, 0.15) is 50.0 Å². The Hall–Kier alpha value is -2.60. The number of oxime groups is 1. The van der Waals surface area contributed by atoms with Crippen LogP contribution in [0.2, 0.25) is 0 Å². The molecule has 0 radical (unpaired) electrons. The van der Waals surface area contributed by atoms with E-state index in [4.69, 9.17) is 4.74 Å². The highest BCUT2D eigenvalue weighted by molar-refractivity contribution is 5.92. The van der Waals surface area contributed by atoms with E-state index in [1.165, 1.54) is 12.5 Å². The maximum absolute atomic E-state index is 14.8. The molecule has 33 heavy (non-hydrogen) atoms. The molecular weight excluding hydrogens is 417 g/mol. The molecule has 1 atom stereocenters. The normalized spacial score (nSPS) is 19.5. The van der Waals surface area contributed by atoms with Crippen molar-refractivity contribution in [1.82, 2.24) is 4.90 Å². The number of rotatable bonds is 8. The van der Waals surface area contributed by atoms with Gasteiger partial charge in [0, 0.05) is 38.0 Å². The molecule has 4 rings (SSSR count). The molecule has 0 bridgehead atoms. The van der Waals surface area contributed by atoms with Gasteiger partial charge in [0.25, 0.3) is 0 Å². The summed E-state index contributed by atoms with van der Waals surface area (Å²) in [5.41, 5.74) is 2.56. The van der Waals surface area contributed by atoms with Gasteiger partial charge in [0.05, 0.1) is 18.5 Å². The second-order valence-corrected chi connectivity index (χ2v) is 9.22. The minimum Gasteiger partial charge on any atom is -0.495 e. The highest BCUT2D eigenvalue weighted by atomic mass is 19.1. The summed E-state index contributed by atoms with van der Waals surface area (Å²) in [6.07, 6.45) is 6.35. The second kappa shape index (κ2) is 11.5. The predicted molar refractivity (Wildman–Crippen MR) is 131 cm³/mol. The van der Waals surface area contributed by atoms with E-state index in [1.54, 1.807) is 13.2 Å². The van der Waals surface area contributed by atoms with Gasteiger partial charge in [-0.05, 0) is 49.6 Å². The zero-order valence-electron chi connectivity index (χ0n) is 19.6. The fourth-order valence-electron chi connectivity index (χ4n) is 5.47. The van der Waals surface area contributed by atoms with Crippen molar-refractivity contribution in [2.75, 3.05) is 44.7 Å². The molecule has 178 valence electrons. The molecule has 1 N–H and O–H groups in total. The Bertz CT molecular complexity index is 921. The third-order valence-electron chi connectivity index (χ3n) is 7.31. The van der Waals surface area contributed by atoms with Crippen LogP contribution < -0.4 is 9.64 Å². The molecule has 1 saturated heterocycles. The van der Waals surface area contributed by atoms with Crippen LogP contribution in [-0.2, 0) is 0 Å². The Morgan fingerprint density at radius 3 is 2.42 bits per heavy atom. The molecule has 2 aromatic rings. The number of nitrogens with zero attached hydrogens (tertiary/aromatic N) is 3. The average Bonchev–Trinajstić information content (AvgIpc) is 2.88. The van der Waals surface area contributed by atoms with Crippen molar-refractivity contribution in [2.24, 2.45) is 11.1 Å². The summed E-state index contributed by atoms with van der Waals surface area (Å²) in [5, 5.41) is 13.8. The molecular formula is C27H36FN3O2. The zero-order valence-corrected chi connectivity index (χ0v) is 19.6. The summed E-state index contributed by atoms with van der Waals surface area (Å²) in [6, 6.07) is 15.1. The largest absolute Gasteiger partial charge is 0.495 e. The van der Waals surface area contributed by atoms with Crippen molar-refractivity contribution < 1.29 is 14.3 Å². The van der Waals surface area contributed by atoms with Gasteiger partial charge in [-0.2, -0.15) is 0 Å². The number of ether oxygens (including phenoxy) is 1. The van der Waals surface area contributed by atoms with Gasteiger partial charge in [-0.25, -0.2) is 4.39 Å². The molecule has 6 heteroatoms. The fraction of sp³-hybridized carbons (Fsp3) is 0.519. The number of piperazine rings is 1. The van der Waals surface area contributed by atoms with Crippen LogP contribution in [0.3, 0.4) is 0 Å².